The molecule has 0 heterocycles. The Morgan fingerprint density at radius 3 is 1.74 bits per heavy atom. The van der Waals surface area contributed by atoms with Gasteiger partial charge in [0.2, 0.25) is 29.5 Å². The van der Waals surface area contributed by atoms with Gasteiger partial charge in [0.25, 0.3) is 0 Å². The first-order chi connectivity index (χ1) is 22.3. The summed E-state index contributed by atoms with van der Waals surface area (Å²) in [6, 6.07) is 9.14. The van der Waals surface area contributed by atoms with Crippen LogP contribution in [0.3, 0.4) is 0 Å². The lowest BCUT2D eigenvalue weighted by Crippen LogP contribution is -2.59. The van der Waals surface area contributed by atoms with Gasteiger partial charge in [-0.2, -0.15) is 0 Å². The molecule has 4 unspecified atom stereocenters. The summed E-state index contributed by atoms with van der Waals surface area (Å²) in [5.74, 6) is -5.85. The number of hydrogen-bond donors (Lipinski definition) is 10. The van der Waals surface area contributed by atoms with Gasteiger partial charge in [0.15, 0.2) is 5.96 Å². The molecular formula is C30H41N9O8. The Balaban J connectivity index is 2.38. The van der Waals surface area contributed by atoms with E-state index in [-0.39, 0.29) is 50.5 Å². The molecule has 254 valence electrons. The highest BCUT2D eigenvalue weighted by Gasteiger charge is 2.32. The molecule has 0 aliphatic heterocycles. The summed E-state index contributed by atoms with van der Waals surface area (Å²) in [6.45, 7) is -0.318. The molecule has 0 saturated heterocycles. The molecule has 2 aromatic rings. The number of hydrogen-bond acceptors (Lipinski definition) is 9. The molecule has 0 aromatic heterocycles. The van der Waals surface area contributed by atoms with Crippen LogP contribution in [0.15, 0.2) is 59.6 Å². The Hall–Kier alpha value is -5.71. The van der Waals surface area contributed by atoms with Crippen molar-refractivity contribution < 1.29 is 39.0 Å². The third kappa shape index (κ3) is 13.9. The van der Waals surface area contributed by atoms with Crippen molar-refractivity contribution in [2.75, 3.05) is 13.1 Å². The van der Waals surface area contributed by atoms with Crippen LogP contribution in [-0.4, -0.2) is 88.9 Å². The number of aliphatic carboxylic acids is 1. The van der Waals surface area contributed by atoms with Gasteiger partial charge in [0.1, 0.15) is 29.9 Å². The van der Waals surface area contributed by atoms with E-state index in [0.29, 0.717) is 11.1 Å². The largest absolute Gasteiger partial charge is 0.508 e. The topological polar surface area (TPSA) is 307 Å². The summed E-state index contributed by atoms with van der Waals surface area (Å²) in [5, 5.41) is 29.1. The van der Waals surface area contributed by atoms with E-state index in [1.54, 1.807) is 30.3 Å². The number of carboxylic acid groups (broad SMARTS) is 1. The summed E-state index contributed by atoms with van der Waals surface area (Å²) in [7, 11) is 0. The highest BCUT2D eigenvalue weighted by Crippen LogP contribution is 2.13. The molecule has 0 bridgehead atoms. The second-order valence-corrected chi connectivity index (χ2v) is 10.5. The number of guanidine groups is 1. The molecule has 2 rings (SSSR count). The Labute approximate surface area is 270 Å². The van der Waals surface area contributed by atoms with E-state index in [1.807, 2.05) is 0 Å². The monoisotopic (exact) mass is 655 g/mol. The fourth-order valence-electron chi connectivity index (χ4n) is 4.38. The molecule has 0 fully saturated rings. The van der Waals surface area contributed by atoms with E-state index in [4.69, 9.17) is 22.9 Å². The van der Waals surface area contributed by atoms with Crippen molar-refractivity contribution in [2.24, 2.45) is 27.9 Å². The third-order valence-electron chi connectivity index (χ3n) is 6.73. The number of benzene rings is 2. The molecule has 2 aromatic carbocycles. The molecule has 0 saturated carbocycles. The number of aliphatic imine (C=N–C) groups is 1. The molecule has 4 atom stereocenters. The van der Waals surface area contributed by atoms with Crippen molar-refractivity contribution in [3.05, 3.63) is 65.7 Å². The second kappa shape index (κ2) is 18.9. The number of phenolic OH excluding ortho intramolecular Hbond substituents is 1. The van der Waals surface area contributed by atoms with Gasteiger partial charge in [-0.25, -0.2) is 4.79 Å². The van der Waals surface area contributed by atoms with Crippen LogP contribution in [0.1, 0.15) is 30.4 Å². The molecule has 47 heavy (non-hydrogen) atoms. The second-order valence-electron chi connectivity index (χ2n) is 10.5. The number of carboxylic acids is 1. The molecular weight excluding hydrogens is 614 g/mol. The predicted molar refractivity (Wildman–Crippen MR) is 170 cm³/mol. The number of amides is 5. The van der Waals surface area contributed by atoms with Crippen LogP contribution in [0.5, 0.6) is 5.75 Å². The fourth-order valence-corrected chi connectivity index (χ4v) is 4.38. The summed E-state index contributed by atoms with van der Waals surface area (Å²) < 4.78 is 0. The van der Waals surface area contributed by atoms with E-state index in [1.165, 1.54) is 24.3 Å². The van der Waals surface area contributed by atoms with Gasteiger partial charge in [-0.1, -0.05) is 42.5 Å². The van der Waals surface area contributed by atoms with Crippen LogP contribution in [0.2, 0.25) is 0 Å². The molecule has 0 aliphatic rings. The van der Waals surface area contributed by atoms with Crippen molar-refractivity contribution in [3.63, 3.8) is 0 Å². The van der Waals surface area contributed by atoms with E-state index in [9.17, 15) is 39.0 Å². The number of phenols is 1. The summed E-state index contributed by atoms with van der Waals surface area (Å²) in [4.78, 5) is 79.6. The van der Waals surface area contributed by atoms with Crippen molar-refractivity contribution in [1.82, 2.24) is 21.3 Å². The maximum atomic E-state index is 13.7. The summed E-state index contributed by atoms with van der Waals surface area (Å²) >= 11 is 0. The molecule has 5 amide bonds. The highest BCUT2D eigenvalue weighted by atomic mass is 16.4. The summed E-state index contributed by atoms with van der Waals surface area (Å²) in [5.41, 5.74) is 22.5. The first-order valence-electron chi connectivity index (χ1n) is 14.6. The minimum Gasteiger partial charge on any atom is -0.508 e. The van der Waals surface area contributed by atoms with Gasteiger partial charge < -0.3 is 54.4 Å². The van der Waals surface area contributed by atoms with Crippen molar-refractivity contribution in [3.8, 4) is 5.75 Å². The van der Waals surface area contributed by atoms with Crippen molar-refractivity contribution in [1.29, 1.82) is 0 Å². The van der Waals surface area contributed by atoms with Crippen molar-refractivity contribution in [2.45, 2.75) is 56.3 Å². The maximum absolute atomic E-state index is 13.7. The number of nitrogens with zero attached hydrogens (tertiary/aromatic N) is 1. The van der Waals surface area contributed by atoms with E-state index in [0.717, 1.165) is 0 Å². The van der Waals surface area contributed by atoms with Gasteiger partial charge in [-0.15, -0.1) is 0 Å². The van der Waals surface area contributed by atoms with Crippen LogP contribution in [0.4, 0.5) is 0 Å². The summed E-state index contributed by atoms with van der Waals surface area (Å²) in [6.07, 6.45) is -0.642. The Morgan fingerprint density at radius 1 is 0.702 bits per heavy atom. The zero-order valence-corrected chi connectivity index (χ0v) is 25.6. The predicted octanol–water partition coefficient (Wildman–Crippen LogP) is -2.91. The number of nitrogens with two attached hydrogens (primary N) is 4. The molecule has 14 N–H and O–H groups in total. The minimum atomic E-state index is -1.67. The van der Waals surface area contributed by atoms with Crippen LogP contribution >= 0.6 is 0 Å². The molecule has 17 nitrogen and oxygen atoms in total. The van der Waals surface area contributed by atoms with Gasteiger partial charge in [-0.3, -0.25) is 29.0 Å². The first kappa shape index (κ1) is 37.5. The standard InChI is InChI=1S/C30H41N9O8/c31-16-25(42)36-21(13-17-5-2-1-3-6-17)27(44)38-22(14-18-8-10-19(40)11-9-18)28(45)37-20(7-4-12-35-30(33)34)26(43)39-23(29(46)47)15-24(32)41/h1-3,5-6,8-11,20-23,40H,4,7,12-16,31H2,(H2,32,41)(H,36,42)(H,37,45)(H,38,44)(H,39,43)(H,46,47)(H4,33,34,35). The molecule has 0 aliphatic carbocycles. The Morgan fingerprint density at radius 2 is 1.21 bits per heavy atom. The number of primary amides is 1. The van der Waals surface area contributed by atoms with E-state index >= 15 is 0 Å². The zero-order valence-electron chi connectivity index (χ0n) is 25.6. The van der Waals surface area contributed by atoms with Crippen LogP contribution in [0.25, 0.3) is 0 Å². The quantitative estimate of drug-likeness (QED) is 0.0415. The van der Waals surface area contributed by atoms with Gasteiger partial charge in [0, 0.05) is 19.4 Å². The van der Waals surface area contributed by atoms with Gasteiger partial charge in [0.05, 0.1) is 13.0 Å². The average Bonchev–Trinajstić information content (AvgIpc) is 3.02. The number of carbonyl (C=O) groups excluding carboxylic acids is 5. The lowest BCUT2D eigenvalue weighted by atomic mass is 10.0. The normalized spacial score (nSPS) is 13.1. The van der Waals surface area contributed by atoms with E-state index < -0.39 is 66.1 Å². The molecule has 0 radical (unpaired) electrons. The highest BCUT2D eigenvalue weighted by molar-refractivity contribution is 5.96. The van der Waals surface area contributed by atoms with Crippen LogP contribution in [-0.2, 0) is 41.6 Å². The SMILES string of the molecule is NCC(=O)NC(Cc1ccccc1)C(=O)NC(Cc1ccc(O)cc1)C(=O)NC(CCCN=C(N)N)C(=O)NC(CC(N)=O)C(=O)O. The van der Waals surface area contributed by atoms with Crippen LogP contribution < -0.4 is 44.2 Å². The van der Waals surface area contributed by atoms with Gasteiger partial charge in [-0.05, 0) is 36.1 Å². The van der Waals surface area contributed by atoms with E-state index in [2.05, 4.69) is 26.3 Å². The average molecular weight is 656 g/mol. The number of nitrogens with one attached hydrogen (secondary N) is 4. The number of carbonyl (C=O) groups is 6. The molecule has 17 heteroatoms. The zero-order chi connectivity index (χ0) is 34.9. The number of aromatic hydroxyl groups is 1. The maximum Gasteiger partial charge on any atom is 0.326 e. The van der Waals surface area contributed by atoms with Crippen LogP contribution in [0, 0.1) is 0 Å². The third-order valence-corrected chi connectivity index (χ3v) is 6.73. The van der Waals surface area contributed by atoms with Crippen molar-refractivity contribution >= 4 is 41.5 Å². The minimum absolute atomic E-state index is 0.0346. The smallest absolute Gasteiger partial charge is 0.326 e. The van der Waals surface area contributed by atoms with Gasteiger partial charge >= 0.3 is 5.97 Å². The lowest BCUT2D eigenvalue weighted by molar-refractivity contribution is -0.143. The number of rotatable bonds is 19. The molecule has 0 spiro atoms. The first-order valence-corrected chi connectivity index (χ1v) is 14.6. The Kier molecular flexibility index (Phi) is 15.1. The fraction of sp³-hybridized carbons (Fsp3) is 0.367. The Bertz CT molecular complexity index is 1420. The lowest BCUT2D eigenvalue weighted by Gasteiger charge is -2.26.